The Kier molecular flexibility index (Phi) is 6.91. The first-order valence-corrected chi connectivity index (χ1v) is 8.48. The van der Waals surface area contributed by atoms with Crippen LogP contribution in [0.25, 0.3) is 0 Å². The monoisotopic (exact) mass is 354 g/mol. The van der Waals surface area contributed by atoms with Gasteiger partial charge in [0.2, 0.25) is 11.8 Å². The first kappa shape index (κ1) is 19.2. The lowest BCUT2D eigenvalue weighted by molar-refractivity contribution is -0.123. The minimum atomic E-state index is -0.523. The zero-order valence-corrected chi connectivity index (χ0v) is 14.9. The number of carbonyl (C=O) groups excluding carboxylic acids is 3. The summed E-state index contributed by atoms with van der Waals surface area (Å²) in [7, 11) is 0. The van der Waals surface area contributed by atoms with Gasteiger partial charge in [-0.3, -0.25) is 9.59 Å². The molecule has 0 aliphatic carbocycles. The van der Waals surface area contributed by atoms with Crippen LogP contribution in [0.3, 0.4) is 0 Å². The van der Waals surface area contributed by atoms with Crippen LogP contribution in [0.2, 0.25) is 0 Å². The van der Waals surface area contributed by atoms with Crippen molar-refractivity contribution in [2.45, 2.75) is 26.7 Å². The maximum Gasteiger partial charge on any atom is 0.340 e. The number of benzene rings is 2. The Morgan fingerprint density at radius 1 is 0.846 bits per heavy atom. The Morgan fingerprint density at radius 3 is 2.08 bits per heavy atom. The lowest BCUT2D eigenvalue weighted by Gasteiger charge is -2.11. The van der Waals surface area contributed by atoms with Gasteiger partial charge < -0.3 is 15.4 Å². The number of rotatable bonds is 7. The molecule has 0 radical (unpaired) electrons. The van der Waals surface area contributed by atoms with Gasteiger partial charge in [-0.1, -0.05) is 37.3 Å². The standard InChI is InChI=1S/C20H22N2O4/c1-3-14-9-5-7-11-16(14)21-18(23)13-19(24)22-17-12-8-6-10-15(17)20(25)26-4-2/h5-12H,3-4,13H2,1-2H3,(H,21,23)(H,22,24). The summed E-state index contributed by atoms with van der Waals surface area (Å²) < 4.78 is 4.97. The summed E-state index contributed by atoms with van der Waals surface area (Å²) in [5.74, 6) is -1.45. The number of ether oxygens (including phenoxy) is 1. The van der Waals surface area contributed by atoms with E-state index >= 15 is 0 Å². The summed E-state index contributed by atoms with van der Waals surface area (Å²) in [4.78, 5) is 36.2. The molecule has 2 N–H and O–H groups in total. The Morgan fingerprint density at radius 2 is 1.42 bits per heavy atom. The molecule has 2 aromatic rings. The Balaban J connectivity index is 2.01. The van der Waals surface area contributed by atoms with Crippen molar-refractivity contribution in [3.63, 3.8) is 0 Å². The minimum Gasteiger partial charge on any atom is -0.462 e. The SMILES string of the molecule is CCOC(=O)c1ccccc1NC(=O)CC(=O)Nc1ccccc1CC. The second-order valence-corrected chi connectivity index (χ2v) is 5.55. The quantitative estimate of drug-likeness (QED) is 0.590. The van der Waals surface area contributed by atoms with Crippen LogP contribution in [0.1, 0.15) is 36.2 Å². The van der Waals surface area contributed by atoms with Crippen LogP contribution in [0.5, 0.6) is 0 Å². The molecular weight excluding hydrogens is 332 g/mol. The molecule has 0 saturated heterocycles. The van der Waals surface area contributed by atoms with Gasteiger partial charge in [0.05, 0.1) is 17.9 Å². The summed E-state index contributed by atoms with van der Waals surface area (Å²) in [6.07, 6.45) is 0.421. The highest BCUT2D eigenvalue weighted by Crippen LogP contribution is 2.18. The number of hydrogen-bond donors (Lipinski definition) is 2. The van der Waals surface area contributed by atoms with E-state index in [1.807, 2.05) is 25.1 Å². The van der Waals surface area contributed by atoms with Crippen molar-refractivity contribution in [1.82, 2.24) is 0 Å². The fourth-order valence-corrected chi connectivity index (χ4v) is 2.46. The third kappa shape index (κ3) is 5.17. The Labute approximate surface area is 152 Å². The minimum absolute atomic E-state index is 0.236. The second-order valence-electron chi connectivity index (χ2n) is 5.55. The van der Waals surface area contributed by atoms with Crippen LogP contribution in [0, 0.1) is 0 Å². The highest BCUT2D eigenvalue weighted by Gasteiger charge is 2.16. The van der Waals surface area contributed by atoms with Crippen molar-refractivity contribution in [3.8, 4) is 0 Å². The van der Waals surface area contributed by atoms with E-state index in [1.165, 1.54) is 0 Å². The highest BCUT2D eigenvalue weighted by atomic mass is 16.5. The molecule has 0 fully saturated rings. The van der Waals surface area contributed by atoms with Gasteiger partial charge in [-0.15, -0.1) is 0 Å². The molecule has 2 aromatic carbocycles. The Bertz CT molecular complexity index is 802. The number of esters is 1. The molecule has 2 amide bonds. The van der Waals surface area contributed by atoms with Gasteiger partial charge in [0, 0.05) is 5.69 Å². The summed E-state index contributed by atoms with van der Waals surface area (Å²) in [5.41, 5.74) is 2.26. The summed E-state index contributed by atoms with van der Waals surface area (Å²) in [6, 6.07) is 14.0. The molecule has 0 aliphatic heterocycles. The van der Waals surface area contributed by atoms with E-state index in [0.29, 0.717) is 11.4 Å². The number of anilines is 2. The van der Waals surface area contributed by atoms with Crippen LogP contribution in [-0.2, 0) is 20.7 Å². The second kappa shape index (κ2) is 9.36. The largest absolute Gasteiger partial charge is 0.462 e. The number of amides is 2. The average Bonchev–Trinajstić information content (AvgIpc) is 2.62. The molecule has 0 saturated carbocycles. The van der Waals surface area contributed by atoms with Gasteiger partial charge in [-0.2, -0.15) is 0 Å². The lowest BCUT2D eigenvalue weighted by Crippen LogP contribution is -2.23. The van der Waals surface area contributed by atoms with Crippen molar-refractivity contribution in [3.05, 3.63) is 59.7 Å². The van der Waals surface area contributed by atoms with Crippen molar-refractivity contribution in [1.29, 1.82) is 0 Å². The van der Waals surface area contributed by atoms with Gasteiger partial charge >= 0.3 is 5.97 Å². The lowest BCUT2D eigenvalue weighted by atomic mass is 10.1. The molecule has 0 aromatic heterocycles. The van der Waals surface area contributed by atoms with Crippen LogP contribution in [0.15, 0.2) is 48.5 Å². The van der Waals surface area contributed by atoms with Gasteiger partial charge in [-0.05, 0) is 37.1 Å². The van der Waals surface area contributed by atoms with Crippen LogP contribution in [0.4, 0.5) is 11.4 Å². The number of aryl methyl sites for hydroxylation is 1. The van der Waals surface area contributed by atoms with Crippen molar-refractivity contribution < 1.29 is 19.1 Å². The molecule has 6 heteroatoms. The molecular formula is C20H22N2O4. The van der Waals surface area contributed by atoms with E-state index in [9.17, 15) is 14.4 Å². The van der Waals surface area contributed by atoms with E-state index < -0.39 is 17.8 Å². The molecule has 0 atom stereocenters. The number of carbonyl (C=O) groups is 3. The van der Waals surface area contributed by atoms with Crippen LogP contribution < -0.4 is 10.6 Å². The molecule has 2 rings (SSSR count). The average molecular weight is 354 g/mol. The van der Waals surface area contributed by atoms with Crippen LogP contribution in [-0.4, -0.2) is 24.4 Å². The van der Waals surface area contributed by atoms with Gasteiger partial charge in [0.25, 0.3) is 0 Å². The molecule has 0 spiro atoms. The van der Waals surface area contributed by atoms with Crippen LogP contribution >= 0.6 is 0 Å². The zero-order chi connectivity index (χ0) is 18.9. The van der Waals surface area contributed by atoms with Gasteiger partial charge in [-0.25, -0.2) is 4.79 Å². The predicted molar refractivity (Wildman–Crippen MR) is 100 cm³/mol. The maximum atomic E-state index is 12.2. The zero-order valence-electron chi connectivity index (χ0n) is 14.9. The number of nitrogens with one attached hydrogen (secondary N) is 2. The van der Waals surface area contributed by atoms with Gasteiger partial charge in [0.15, 0.2) is 0 Å². The molecule has 26 heavy (non-hydrogen) atoms. The summed E-state index contributed by atoms with van der Waals surface area (Å²) in [6.45, 7) is 3.93. The first-order chi connectivity index (χ1) is 12.5. The molecule has 0 unspecified atom stereocenters. The number of hydrogen-bond acceptors (Lipinski definition) is 4. The van der Waals surface area contributed by atoms with Crippen molar-refractivity contribution in [2.24, 2.45) is 0 Å². The predicted octanol–water partition coefficient (Wildman–Crippen LogP) is 3.39. The van der Waals surface area contributed by atoms with E-state index in [2.05, 4.69) is 10.6 Å². The third-order valence-electron chi connectivity index (χ3n) is 3.69. The Hall–Kier alpha value is -3.15. The fraction of sp³-hybridized carbons (Fsp3) is 0.250. The van der Waals surface area contributed by atoms with E-state index in [1.54, 1.807) is 37.3 Å². The molecule has 0 bridgehead atoms. The topological polar surface area (TPSA) is 84.5 Å². The summed E-state index contributed by atoms with van der Waals surface area (Å²) >= 11 is 0. The molecule has 0 aliphatic rings. The van der Waals surface area contributed by atoms with Crippen molar-refractivity contribution >= 4 is 29.2 Å². The summed E-state index contributed by atoms with van der Waals surface area (Å²) in [5, 5.41) is 5.34. The number of para-hydroxylation sites is 2. The molecule has 6 nitrogen and oxygen atoms in total. The maximum absolute atomic E-state index is 12.2. The molecule has 0 heterocycles. The van der Waals surface area contributed by atoms with E-state index in [-0.39, 0.29) is 18.6 Å². The smallest absolute Gasteiger partial charge is 0.340 e. The van der Waals surface area contributed by atoms with Crippen molar-refractivity contribution in [2.75, 3.05) is 17.2 Å². The molecule has 136 valence electrons. The first-order valence-electron chi connectivity index (χ1n) is 8.48. The van der Waals surface area contributed by atoms with E-state index in [4.69, 9.17) is 4.74 Å². The normalized spacial score (nSPS) is 10.1. The fourth-order valence-electron chi connectivity index (χ4n) is 2.46. The van der Waals surface area contributed by atoms with E-state index in [0.717, 1.165) is 12.0 Å². The van der Waals surface area contributed by atoms with Gasteiger partial charge in [0.1, 0.15) is 6.42 Å². The third-order valence-corrected chi connectivity index (χ3v) is 3.69. The highest BCUT2D eigenvalue weighted by molar-refractivity contribution is 6.10.